The van der Waals surface area contributed by atoms with Gasteiger partial charge in [-0.05, 0) is 18.6 Å². The molecule has 2 atom stereocenters. The molecule has 1 aliphatic rings. The fraction of sp³-hybridized carbons (Fsp3) is 0.222. The number of aromatic nitrogens is 3. The fourth-order valence-electron chi connectivity index (χ4n) is 3.07. The average molecular weight is 421 g/mol. The number of pyridine rings is 1. The second-order valence-corrected chi connectivity index (χ2v) is 8.27. The molecule has 3 heterocycles. The van der Waals surface area contributed by atoms with Crippen LogP contribution in [0.2, 0.25) is 5.02 Å². The number of rotatable bonds is 3. The molecule has 10 heteroatoms. The number of halogens is 3. The van der Waals surface area contributed by atoms with Crippen LogP contribution in [0.5, 0.6) is 0 Å². The van der Waals surface area contributed by atoms with E-state index in [1.807, 2.05) is 6.92 Å². The van der Waals surface area contributed by atoms with Crippen molar-refractivity contribution < 1.29 is 8.78 Å². The molecule has 0 aliphatic carbocycles. The lowest BCUT2D eigenvalue weighted by Gasteiger charge is -2.24. The third-order valence-electron chi connectivity index (χ3n) is 4.28. The first-order valence-electron chi connectivity index (χ1n) is 8.43. The van der Waals surface area contributed by atoms with Crippen LogP contribution in [0.4, 0.5) is 20.3 Å². The van der Waals surface area contributed by atoms with Gasteiger partial charge in [-0.2, -0.15) is 0 Å². The van der Waals surface area contributed by atoms with E-state index in [2.05, 4.69) is 25.3 Å². The molecule has 3 N–H and O–H groups in total. The molecular formula is C18H15ClF2N6S. The number of hydrogen-bond acceptors (Lipinski definition) is 7. The lowest BCUT2D eigenvalue weighted by molar-refractivity contribution is 0.484. The minimum atomic E-state index is -0.978. The number of aliphatic imine (C=N–C) groups is 1. The number of thioether (sulfide) groups is 1. The predicted octanol–water partition coefficient (Wildman–Crippen LogP) is 4.58. The molecule has 2 aromatic heterocycles. The lowest BCUT2D eigenvalue weighted by Crippen LogP contribution is -2.21. The number of anilines is 2. The Morgan fingerprint density at radius 3 is 2.82 bits per heavy atom. The standard InChI is InChI=1S/C18H15ClF2N6S/c1-8-2-13(27-18(22)28-8)11-4-10(5-12(20)15(11)21)26-17-16-14(24-7-25-17)3-9(19)6-23-16/h3-8,13H,2H2,1H3,(H2,22,27)(H,24,25,26). The molecule has 0 spiro atoms. The van der Waals surface area contributed by atoms with Crippen molar-refractivity contribution in [3.63, 3.8) is 0 Å². The topological polar surface area (TPSA) is 89.1 Å². The molecule has 144 valence electrons. The van der Waals surface area contributed by atoms with Crippen LogP contribution in [0, 0.1) is 11.6 Å². The van der Waals surface area contributed by atoms with Crippen LogP contribution in [0.25, 0.3) is 11.0 Å². The zero-order valence-electron chi connectivity index (χ0n) is 14.7. The van der Waals surface area contributed by atoms with Gasteiger partial charge in [0.2, 0.25) is 0 Å². The van der Waals surface area contributed by atoms with Crippen LogP contribution >= 0.6 is 23.4 Å². The highest BCUT2D eigenvalue weighted by atomic mass is 35.5. The SMILES string of the molecule is CC1CC(c2cc(Nc3ncnc4cc(Cl)cnc34)cc(F)c2F)N=C(N)S1. The van der Waals surface area contributed by atoms with Crippen molar-refractivity contribution in [2.45, 2.75) is 24.6 Å². The smallest absolute Gasteiger partial charge is 0.164 e. The Labute approximate surface area is 168 Å². The van der Waals surface area contributed by atoms with Gasteiger partial charge in [0.05, 0.1) is 16.6 Å². The van der Waals surface area contributed by atoms with Crippen molar-refractivity contribution in [2.75, 3.05) is 5.32 Å². The predicted molar refractivity (Wildman–Crippen MR) is 108 cm³/mol. The van der Waals surface area contributed by atoms with E-state index < -0.39 is 17.7 Å². The first-order chi connectivity index (χ1) is 13.4. The number of hydrogen-bond donors (Lipinski definition) is 2. The minimum absolute atomic E-state index is 0.145. The number of nitrogens with zero attached hydrogens (tertiary/aromatic N) is 4. The van der Waals surface area contributed by atoms with Crippen molar-refractivity contribution in [3.8, 4) is 0 Å². The van der Waals surface area contributed by atoms with E-state index in [1.165, 1.54) is 30.4 Å². The molecule has 0 amide bonds. The van der Waals surface area contributed by atoms with E-state index in [-0.39, 0.29) is 10.8 Å². The molecule has 3 aromatic rings. The highest BCUT2D eigenvalue weighted by Gasteiger charge is 2.26. The fourth-order valence-corrected chi connectivity index (χ4v) is 4.11. The quantitative estimate of drug-likeness (QED) is 0.644. The number of nitrogens with one attached hydrogen (secondary N) is 1. The Kier molecular flexibility index (Phi) is 5.03. The van der Waals surface area contributed by atoms with Gasteiger partial charge in [-0.25, -0.2) is 23.7 Å². The number of nitrogens with two attached hydrogens (primary N) is 1. The summed E-state index contributed by atoms with van der Waals surface area (Å²) in [5, 5.41) is 3.94. The molecule has 0 saturated carbocycles. The van der Waals surface area contributed by atoms with Gasteiger partial charge in [-0.1, -0.05) is 30.3 Å². The van der Waals surface area contributed by atoms with Crippen LogP contribution < -0.4 is 11.1 Å². The minimum Gasteiger partial charge on any atom is -0.379 e. The maximum Gasteiger partial charge on any atom is 0.164 e. The Morgan fingerprint density at radius 1 is 1.21 bits per heavy atom. The number of amidine groups is 1. The first-order valence-corrected chi connectivity index (χ1v) is 9.68. The van der Waals surface area contributed by atoms with E-state index in [0.717, 1.165) is 6.07 Å². The van der Waals surface area contributed by atoms with Crippen molar-refractivity contribution in [1.29, 1.82) is 0 Å². The summed E-state index contributed by atoms with van der Waals surface area (Å²) in [5.74, 6) is -1.55. The summed E-state index contributed by atoms with van der Waals surface area (Å²) < 4.78 is 28.8. The van der Waals surface area contributed by atoms with Crippen molar-refractivity contribution >= 4 is 51.1 Å². The summed E-state index contributed by atoms with van der Waals surface area (Å²) in [5.41, 5.74) is 7.28. The molecule has 1 aromatic carbocycles. The third kappa shape index (κ3) is 3.72. The van der Waals surface area contributed by atoms with Gasteiger partial charge in [-0.3, -0.25) is 4.99 Å². The normalized spacial score (nSPS) is 19.5. The maximum atomic E-state index is 14.5. The first kappa shape index (κ1) is 18.8. The van der Waals surface area contributed by atoms with Crippen molar-refractivity contribution in [1.82, 2.24) is 15.0 Å². The summed E-state index contributed by atoms with van der Waals surface area (Å²) in [6.45, 7) is 1.97. The maximum absolute atomic E-state index is 14.5. The van der Waals surface area contributed by atoms with Crippen LogP contribution in [0.1, 0.15) is 24.9 Å². The van der Waals surface area contributed by atoms with E-state index in [9.17, 15) is 8.78 Å². The zero-order valence-corrected chi connectivity index (χ0v) is 16.2. The van der Waals surface area contributed by atoms with E-state index in [0.29, 0.717) is 39.1 Å². The van der Waals surface area contributed by atoms with E-state index >= 15 is 0 Å². The Balaban J connectivity index is 1.74. The van der Waals surface area contributed by atoms with Crippen LogP contribution in [0.3, 0.4) is 0 Å². The summed E-state index contributed by atoms with van der Waals surface area (Å²) >= 11 is 7.36. The molecule has 4 rings (SSSR count). The van der Waals surface area contributed by atoms with Crippen LogP contribution in [0.15, 0.2) is 35.7 Å². The van der Waals surface area contributed by atoms with Gasteiger partial charge in [0.25, 0.3) is 0 Å². The third-order valence-corrected chi connectivity index (χ3v) is 5.43. The largest absolute Gasteiger partial charge is 0.379 e. The molecule has 6 nitrogen and oxygen atoms in total. The van der Waals surface area contributed by atoms with Gasteiger partial charge in [0.15, 0.2) is 22.6 Å². The molecule has 28 heavy (non-hydrogen) atoms. The Hall–Kier alpha value is -2.52. The summed E-state index contributed by atoms with van der Waals surface area (Å²) in [6.07, 6.45) is 3.36. The van der Waals surface area contributed by atoms with Gasteiger partial charge < -0.3 is 11.1 Å². The summed E-state index contributed by atoms with van der Waals surface area (Å²) in [4.78, 5) is 16.8. The van der Waals surface area contributed by atoms with Crippen molar-refractivity contribution in [3.05, 3.63) is 52.9 Å². The van der Waals surface area contributed by atoms with E-state index in [4.69, 9.17) is 17.3 Å². The van der Waals surface area contributed by atoms with Crippen LogP contribution in [-0.4, -0.2) is 25.4 Å². The molecular weight excluding hydrogens is 406 g/mol. The van der Waals surface area contributed by atoms with Gasteiger partial charge >= 0.3 is 0 Å². The number of benzene rings is 1. The van der Waals surface area contributed by atoms with Crippen LogP contribution in [-0.2, 0) is 0 Å². The van der Waals surface area contributed by atoms with Gasteiger partial charge in [-0.15, -0.1) is 0 Å². The molecule has 2 unspecified atom stereocenters. The average Bonchev–Trinajstić information content (AvgIpc) is 2.63. The molecule has 0 saturated heterocycles. The zero-order chi connectivity index (χ0) is 19.8. The Bertz CT molecular complexity index is 1090. The molecule has 1 aliphatic heterocycles. The highest BCUT2D eigenvalue weighted by Crippen LogP contribution is 2.36. The Morgan fingerprint density at radius 2 is 2.04 bits per heavy atom. The second kappa shape index (κ2) is 7.48. The van der Waals surface area contributed by atoms with Gasteiger partial charge in [0.1, 0.15) is 11.8 Å². The number of fused-ring (bicyclic) bond motifs is 1. The monoisotopic (exact) mass is 420 g/mol. The summed E-state index contributed by atoms with van der Waals surface area (Å²) in [7, 11) is 0. The van der Waals surface area contributed by atoms with E-state index in [1.54, 1.807) is 6.07 Å². The van der Waals surface area contributed by atoms with Gasteiger partial charge in [0, 0.05) is 28.8 Å². The molecule has 0 bridgehead atoms. The molecule has 0 radical (unpaired) electrons. The summed E-state index contributed by atoms with van der Waals surface area (Å²) in [6, 6.07) is 3.68. The van der Waals surface area contributed by atoms with Crippen molar-refractivity contribution in [2.24, 2.45) is 10.7 Å². The lowest BCUT2D eigenvalue weighted by atomic mass is 10.0. The second-order valence-electron chi connectivity index (χ2n) is 6.38. The molecule has 0 fully saturated rings. The highest BCUT2D eigenvalue weighted by molar-refractivity contribution is 8.14.